The maximum absolute atomic E-state index is 13.7. The molecule has 1 unspecified atom stereocenters. The zero-order chi connectivity index (χ0) is 17.6. The molecule has 3 rings (SSSR count). The van der Waals surface area contributed by atoms with Crippen molar-refractivity contribution in [3.63, 3.8) is 0 Å². The number of carbonyl (C=O) groups is 1. The van der Waals surface area contributed by atoms with Gasteiger partial charge in [0, 0.05) is 45.8 Å². The molecule has 5 nitrogen and oxygen atoms in total. The number of aryl methyl sites for hydroxylation is 1. The van der Waals surface area contributed by atoms with E-state index in [9.17, 15) is 9.18 Å². The molecule has 0 bridgehead atoms. The van der Waals surface area contributed by atoms with Crippen LogP contribution in [0.5, 0.6) is 5.75 Å². The molecule has 6 heteroatoms. The van der Waals surface area contributed by atoms with E-state index in [1.165, 1.54) is 13.2 Å². The molecule has 2 fully saturated rings. The lowest BCUT2D eigenvalue weighted by molar-refractivity contribution is -0.133. The molecule has 0 aliphatic carbocycles. The van der Waals surface area contributed by atoms with Crippen LogP contribution in [0.15, 0.2) is 18.2 Å². The van der Waals surface area contributed by atoms with Gasteiger partial charge in [-0.25, -0.2) is 4.39 Å². The van der Waals surface area contributed by atoms with Gasteiger partial charge < -0.3 is 14.4 Å². The molecule has 1 aromatic rings. The Kier molecular flexibility index (Phi) is 6.26. The molecule has 1 amide bonds. The number of methoxy groups -OCH3 is 1. The van der Waals surface area contributed by atoms with Crippen LogP contribution in [0.1, 0.15) is 24.8 Å². The second-order valence-corrected chi connectivity index (χ2v) is 6.79. The van der Waals surface area contributed by atoms with Gasteiger partial charge >= 0.3 is 0 Å². The summed E-state index contributed by atoms with van der Waals surface area (Å²) in [4.78, 5) is 16.7. The standard InChI is InChI=1S/C19H27FN2O3/c1-24-18-6-4-15(13-17(18)20)5-7-19(23)22-10-8-21(9-11-22)14-16-3-2-12-25-16/h4,6,13,16H,2-3,5,7-12,14H2,1H3. The summed E-state index contributed by atoms with van der Waals surface area (Å²) >= 11 is 0. The molecule has 0 N–H and O–H groups in total. The highest BCUT2D eigenvalue weighted by atomic mass is 19.1. The summed E-state index contributed by atoms with van der Waals surface area (Å²) in [5.41, 5.74) is 0.823. The number of nitrogens with zero attached hydrogens (tertiary/aromatic N) is 2. The van der Waals surface area contributed by atoms with Crippen molar-refractivity contribution in [3.8, 4) is 5.75 Å². The quantitative estimate of drug-likeness (QED) is 0.788. The molecule has 138 valence electrons. The van der Waals surface area contributed by atoms with Crippen LogP contribution >= 0.6 is 0 Å². The Balaban J connectivity index is 1.41. The van der Waals surface area contributed by atoms with Crippen LogP contribution in [0.3, 0.4) is 0 Å². The maximum atomic E-state index is 13.7. The smallest absolute Gasteiger partial charge is 0.222 e. The van der Waals surface area contributed by atoms with Crippen LogP contribution < -0.4 is 4.74 Å². The Morgan fingerprint density at radius 1 is 1.32 bits per heavy atom. The van der Waals surface area contributed by atoms with Crippen molar-refractivity contribution in [2.75, 3.05) is 46.4 Å². The van der Waals surface area contributed by atoms with E-state index < -0.39 is 0 Å². The first-order valence-electron chi connectivity index (χ1n) is 9.10. The van der Waals surface area contributed by atoms with Gasteiger partial charge in [0.05, 0.1) is 13.2 Å². The number of piperazine rings is 1. The summed E-state index contributed by atoms with van der Waals surface area (Å²) in [7, 11) is 1.44. The Bertz CT molecular complexity index is 582. The molecule has 0 radical (unpaired) electrons. The van der Waals surface area contributed by atoms with Crippen molar-refractivity contribution in [1.82, 2.24) is 9.80 Å². The van der Waals surface area contributed by atoms with E-state index in [1.54, 1.807) is 6.07 Å². The fraction of sp³-hybridized carbons (Fsp3) is 0.632. The van der Waals surface area contributed by atoms with E-state index >= 15 is 0 Å². The number of benzene rings is 1. The summed E-state index contributed by atoms with van der Waals surface area (Å²) < 4.78 is 24.3. The minimum Gasteiger partial charge on any atom is -0.494 e. The van der Waals surface area contributed by atoms with Crippen molar-refractivity contribution < 1.29 is 18.7 Å². The zero-order valence-corrected chi connectivity index (χ0v) is 14.9. The molecule has 1 atom stereocenters. The summed E-state index contributed by atoms with van der Waals surface area (Å²) in [6.07, 6.45) is 3.65. The van der Waals surface area contributed by atoms with Crippen LogP contribution in [-0.2, 0) is 16.0 Å². The lowest BCUT2D eigenvalue weighted by Crippen LogP contribution is -2.50. The van der Waals surface area contributed by atoms with Crippen molar-refractivity contribution in [2.24, 2.45) is 0 Å². The second-order valence-electron chi connectivity index (χ2n) is 6.79. The number of ether oxygens (including phenoxy) is 2. The van der Waals surface area contributed by atoms with E-state index in [1.807, 2.05) is 11.0 Å². The third-order valence-corrected chi connectivity index (χ3v) is 5.05. The number of carbonyl (C=O) groups excluding carboxylic acids is 1. The number of hydrogen-bond acceptors (Lipinski definition) is 4. The molecule has 0 aromatic heterocycles. The van der Waals surface area contributed by atoms with Crippen LogP contribution in [0, 0.1) is 5.82 Å². The minimum absolute atomic E-state index is 0.146. The van der Waals surface area contributed by atoms with E-state index in [4.69, 9.17) is 9.47 Å². The highest BCUT2D eigenvalue weighted by Gasteiger charge is 2.24. The summed E-state index contributed by atoms with van der Waals surface area (Å²) in [5, 5.41) is 0. The van der Waals surface area contributed by atoms with Gasteiger partial charge in [-0.05, 0) is 37.0 Å². The highest BCUT2D eigenvalue weighted by Crippen LogP contribution is 2.19. The second kappa shape index (κ2) is 8.63. The molecule has 25 heavy (non-hydrogen) atoms. The molecular formula is C19H27FN2O3. The summed E-state index contributed by atoms with van der Waals surface area (Å²) in [6.45, 7) is 5.21. The number of hydrogen-bond donors (Lipinski definition) is 0. The van der Waals surface area contributed by atoms with Gasteiger partial charge in [-0.3, -0.25) is 9.69 Å². The third-order valence-electron chi connectivity index (χ3n) is 5.05. The van der Waals surface area contributed by atoms with Crippen molar-refractivity contribution >= 4 is 5.91 Å². The van der Waals surface area contributed by atoms with E-state index in [0.717, 1.165) is 57.7 Å². The van der Waals surface area contributed by atoms with Gasteiger partial charge in [-0.2, -0.15) is 0 Å². The van der Waals surface area contributed by atoms with Crippen molar-refractivity contribution in [3.05, 3.63) is 29.6 Å². The largest absolute Gasteiger partial charge is 0.494 e. The van der Waals surface area contributed by atoms with Crippen LogP contribution in [0.2, 0.25) is 0 Å². The maximum Gasteiger partial charge on any atom is 0.222 e. The number of amides is 1. The Hall–Kier alpha value is -1.66. The topological polar surface area (TPSA) is 42.0 Å². The number of rotatable bonds is 6. The molecule has 2 heterocycles. The molecule has 2 saturated heterocycles. The third kappa shape index (κ3) is 4.92. The SMILES string of the molecule is COc1ccc(CCC(=O)N2CCN(CC3CCCO3)CC2)cc1F. The Labute approximate surface area is 148 Å². The lowest BCUT2D eigenvalue weighted by atomic mass is 10.1. The van der Waals surface area contributed by atoms with E-state index in [2.05, 4.69) is 4.90 Å². The van der Waals surface area contributed by atoms with Gasteiger partial charge in [-0.15, -0.1) is 0 Å². The first-order valence-corrected chi connectivity index (χ1v) is 9.10. The van der Waals surface area contributed by atoms with Crippen molar-refractivity contribution in [2.45, 2.75) is 31.8 Å². The zero-order valence-electron chi connectivity index (χ0n) is 14.9. The Morgan fingerprint density at radius 3 is 2.76 bits per heavy atom. The predicted molar refractivity (Wildman–Crippen MR) is 93.3 cm³/mol. The molecule has 0 spiro atoms. The predicted octanol–water partition coefficient (Wildman–Crippen LogP) is 2.09. The van der Waals surface area contributed by atoms with Gasteiger partial charge in [0.1, 0.15) is 0 Å². The number of halogens is 1. The monoisotopic (exact) mass is 350 g/mol. The van der Waals surface area contributed by atoms with Gasteiger partial charge in [0.15, 0.2) is 11.6 Å². The molecule has 1 aromatic carbocycles. The van der Waals surface area contributed by atoms with Crippen LogP contribution in [0.4, 0.5) is 4.39 Å². The lowest BCUT2D eigenvalue weighted by Gasteiger charge is -2.35. The first kappa shape index (κ1) is 18.1. The molecular weight excluding hydrogens is 323 g/mol. The average Bonchev–Trinajstić information content (AvgIpc) is 3.13. The highest BCUT2D eigenvalue weighted by molar-refractivity contribution is 5.76. The minimum atomic E-state index is -0.379. The fourth-order valence-electron chi connectivity index (χ4n) is 3.53. The first-order chi connectivity index (χ1) is 12.2. The molecule has 0 saturated carbocycles. The van der Waals surface area contributed by atoms with Crippen molar-refractivity contribution in [1.29, 1.82) is 0 Å². The summed E-state index contributed by atoms with van der Waals surface area (Å²) in [6, 6.07) is 4.87. The van der Waals surface area contributed by atoms with Gasteiger partial charge in [-0.1, -0.05) is 6.07 Å². The van der Waals surface area contributed by atoms with Crippen LogP contribution in [-0.4, -0.2) is 68.3 Å². The summed E-state index contributed by atoms with van der Waals surface area (Å²) in [5.74, 6) is 0.000582. The van der Waals surface area contributed by atoms with E-state index in [0.29, 0.717) is 18.9 Å². The molecule has 2 aliphatic rings. The normalized spacial score (nSPS) is 21.5. The average molecular weight is 350 g/mol. The van der Waals surface area contributed by atoms with E-state index in [-0.39, 0.29) is 17.5 Å². The van der Waals surface area contributed by atoms with Gasteiger partial charge in [0.2, 0.25) is 5.91 Å². The fourth-order valence-corrected chi connectivity index (χ4v) is 3.53. The van der Waals surface area contributed by atoms with Crippen LogP contribution in [0.25, 0.3) is 0 Å². The Morgan fingerprint density at radius 2 is 2.12 bits per heavy atom. The van der Waals surface area contributed by atoms with Gasteiger partial charge in [0.25, 0.3) is 0 Å². The molecule has 2 aliphatic heterocycles.